The maximum Gasteiger partial charge on any atom is 0.276 e. The van der Waals surface area contributed by atoms with Crippen molar-refractivity contribution >= 4 is 0 Å². The van der Waals surface area contributed by atoms with Gasteiger partial charge in [0.15, 0.2) is 5.82 Å². The summed E-state index contributed by atoms with van der Waals surface area (Å²) in [5.41, 5.74) is 0.581. The Morgan fingerprint density at radius 3 is 2.88 bits per heavy atom. The molecule has 0 atom stereocenters. The van der Waals surface area contributed by atoms with Crippen molar-refractivity contribution in [3.8, 4) is 17.3 Å². The Bertz CT molecular complexity index is 465. The van der Waals surface area contributed by atoms with Gasteiger partial charge in [-0.2, -0.15) is 4.98 Å². The van der Waals surface area contributed by atoms with Gasteiger partial charge in [0, 0.05) is 6.42 Å². The molecule has 0 bridgehead atoms. The molecule has 2 aromatic heterocycles. The highest BCUT2D eigenvalue weighted by atomic mass is 16.5. The summed E-state index contributed by atoms with van der Waals surface area (Å²) in [5.74, 6) is 1.23. The van der Waals surface area contributed by atoms with E-state index >= 15 is 0 Å². The molecule has 5 nitrogen and oxygen atoms in total. The van der Waals surface area contributed by atoms with Crippen LogP contribution in [0.3, 0.4) is 0 Å². The molecule has 2 aromatic rings. The Morgan fingerprint density at radius 2 is 2.18 bits per heavy atom. The van der Waals surface area contributed by atoms with Crippen LogP contribution in [0, 0.1) is 0 Å². The van der Waals surface area contributed by atoms with Gasteiger partial charge in [0.1, 0.15) is 11.4 Å². The summed E-state index contributed by atoms with van der Waals surface area (Å²) in [6.07, 6.45) is 5.59. The first kappa shape index (κ1) is 11.6. The molecule has 0 fully saturated rings. The number of pyridine rings is 1. The molecule has 1 N–H and O–H groups in total. The average molecular weight is 233 g/mol. The average Bonchev–Trinajstić information content (AvgIpc) is 2.79. The molecule has 0 aliphatic heterocycles. The third-order valence-electron chi connectivity index (χ3n) is 2.44. The predicted octanol–water partition coefficient (Wildman–Crippen LogP) is 2.57. The minimum Gasteiger partial charge on any atom is -0.506 e. The smallest absolute Gasteiger partial charge is 0.276 e. The number of nitrogens with zero attached hydrogens (tertiary/aromatic N) is 3. The Morgan fingerprint density at radius 1 is 1.29 bits per heavy atom. The van der Waals surface area contributed by atoms with E-state index in [0.717, 1.165) is 12.8 Å². The second-order valence-corrected chi connectivity index (χ2v) is 3.87. The van der Waals surface area contributed by atoms with Gasteiger partial charge < -0.3 is 9.63 Å². The highest BCUT2D eigenvalue weighted by molar-refractivity contribution is 5.46. The van der Waals surface area contributed by atoms with Crippen LogP contribution in [0.1, 0.15) is 32.0 Å². The van der Waals surface area contributed by atoms with Crippen LogP contribution < -0.4 is 0 Å². The fourth-order valence-corrected chi connectivity index (χ4v) is 1.51. The third kappa shape index (κ3) is 3.03. The Balaban J connectivity index is 2.04. The molecule has 0 aliphatic carbocycles. The third-order valence-corrected chi connectivity index (χ3v) is 2.44. The number of unbranched alkanes of at least 4 members (excludes halogenated alkanes) is 2. The van der Waals surface area contributed by atoms with E-state index < -0.39 is 0 Å². The van der Waals surface area contributed by atoms with Crippen LogP contribution in [0.4, 0.5) is 0 Å². The molecule has 0 radical (unpaired) electrons. The summed E-state index contributed by atoms with van der Waals surface area (Å²) in [5, 5.41) is 13.0. The van der Waals surface area contributed by atoms with Crippen LogP contribution in [0.5, 0.6) is 5.75 Å². The summed E-state index contributed by atoms with van der Waals surface area (Å²) < 4.78 is 5.12. The van der Waals surface area contributed by atoms with Gasteiger partial charge in [-0.1, -0.05) is 24.9 Å². The fraction of sp³-hybridized carbons (Fsp3) is 0.417. The van der Waals surface area contributed by atoms with E-state index in [-0.39, 0.29) is 5.75 Å². The van der Waals surface area contributed by atoms with Gasteiger partial charge in [-0.15, -0.1) is 0 Å². The monoisotopic (exact) mass is 233 g/mol. The van der Waals surface area contributed by atoms with E-state index in [1.165, 1.54) is 19.0 Å². The van der Waals surface area contributed by atoms with E-state index in [4.69, 9.17) is 9.63 Å². The topological polar surface area (TPSA) is 72.0 Å². The second-order valence-electron chi connectivity index (χ2n) is 3.87. The lowest BCUT2D eigenvalue weighted by molar-refractivity contribution is 0.419. The van der Waals surface area contributed by atoms with E-state index in [2.05, 4.69) is 22.0 Å². The summed E-state index contributed by atoms with van der Waals surface area (Å²) in [6.45, 7) is 2.15. The number of aryl methyl sites for hydroxylation is 1. The molecule has 5 heteroatoms. The fourth-order valence-electron chi connectivity index (χ4n) is 1.51. The molecule has 17 heavy (non-hydrogen) atoms. The van der Waals surface area contributed by atoms with Gasteiger partial charge in [0.2, 0.25) is 0 Å². The van der Waals surface area contributed by atoms with Gasteiger partial charge >= 0.3 is 0 Å². The van der Waals surface area contributed by atoms with E-state index in [9.17, 15) is 0 Å². The molecule has 90 valence electrons. The minimum atomic E-state index is 0.122. The molecule has 0 aromatic carbocycles. The van der Waals surface area contributed by atoms with Gasteiger partial charge in [0.25, 0.3) is 5.89 Å². The maximum absolute atomic E-state index is 9.12. The molecule has 0 amide bonds. The first-order valence-corrected chi connectivity index (χ1v) is 5.77. The Hall–Kier alpha value is -1.91. The quantitative estimate of drug-likeness (QED) is 0.803. The number of hydrogen-bond acceptors (Lipinski definition) is 5. The molecule has 0 spiro atoms. The number of aromatic hydroxyl groups is 1. The van der Waals surface area contributed by atoms with Crippen molar-refractivity contribution in [3.05, 3.63) is 24.2 Å². The molecule has 0 unspecified atom stereocenters. The van der Waals surface area contributed by atoms with Crippen LogP contribution in [-0.2, 0) is 6.42 Å². The van der Waals surface area contributed by atoms with Crippen molar-refractivity contribution in [1.82, 2.24) is 15.1 Å². The maximum atomic E-state index is 9.12. The van der Waals surface area contributed by atoms with Gasteiger partial charge in [-0.25, -0.2) is 4.98 Å². The first-order chi connectivity index (χ1) is 8.29. The van der Waals surface area contributed by atoms with Crippen molar-refractivity contribution in [1.29, 1.82) is 0 Å². The highest BCUT2D eigenvalue weighted by Crippen LogP contribution is 2.17. The van der Waals surface area contributed by atoms with Gasteiger partial charge in [-0.05, 0) is 18.6 Å². The van der Waals surface area contributed by atoms with Crippen LogP contribution in [0.2, 0.25) is 0 Å². The summed E-state index contributed by atoms with van der Waals surface area (Å²) in [7, 11) is 0. The molecule has 0 aliphatic rings. The van der Waals surface area contributed by atoms with Crippen LogP contribution in [0.25, 0.3) is 11.6 Å². The molecule has 2 rings (SSSR count). The molecular formula is C12H15N3O2. The number of aromatic nitrogens is 3. The lowest BCUT2D eigenvalue weighted by atomic mass is 10.2. The largest absolute Gasteiger partial charge is 0.506 e. The van der Waals surface area contributed by atoms with E-state index in [1.54, 1.807) is 12.1 Å². The van der Waals surface area contributed by atoms with Crippen molar-refractivity contribution in [2.24, 2.45) is 0 Å². The molecular weight excluding hydrogens is 218 g/mol. The summed E-state index contributed by atoms with van der Waals surface area (Å²) >= 11 is 0. The van der Waals surface area contributed by atoms with Crippen LogP contribution in [-0.4, -0.2) is 20.2 Å². The second kappa shape index (κ2) is 5.43. The lowest BCUT2D eigenvalue weighted by Crippen LogP contribution is -1.88. The zero-order valence-corrected chi connectivity index (χ0v) is 9.76. The van der Waals surface area contributed by atoms with Crippen molar-refractivity contribution in [3.63, 3.8) is 0 Å². The summed E-state index contributed by atoms with van der Waals surface area (Å²) in [4.78, 5) is 8.27. The predicted molar refractivity (Wildman–Crippen MR) is 62.4 cm³/mol. The SMILES string of the molecule is CCCCCc1noc(-c2ccc(O)cn2)n1. The normalized spacial score (nSPS) is 10.6. The van der Waals surface area contributed by atoms with Crippen molar-refractivity contribution in [2.75, 3.05) is 0 Å². The van der Waals surface area contributed by atoms with Crippen LogP contribution >= 0.6 is 0 Å². The first-order valence-electron chi connectivity index (χ1n) is 5.77. The van der Waals surface area contributed by atoms with E-state index in [1.807, 2.05) is 0 Å². The zero-order chi connectivity index (χ0) is 12.1. The number of rotatable bonds is 5. The highest BCUT2D eigenvalue weighted by Gasteiger charge is 2.09. The van der Waals surface area contributed by atoms with Crippen LogP contribution in [0.15, 0.2) is 22.9 Å². The minimum absolute atomic E-state index is 0.122. The lowest BCUT2D eigenvalue weighted by Gasteiger charge is -1.93. The van der Waals surface area contributed by atoms with Gasteiger partial charge in [0.05, 0.1) is 6.20 Å². The number of hydrogen-bond donors (Lipinski definition) is 1. The zero-order valence-electron chi connectivity index (χ0n) is 9.76. The summed E-state index contributed by atoms with van der Waals surface area (Å²) in [6, 6.07) is 3.20. The van der Waals surface area contributed by atoms with Crippen molar-refractivity contribution < 1.29 is 9.63 Å². The Labute approximate surface area is 99.5 Å². The molecule has 0 saturated heterocycles. The molecule has 0 saturated carbocycles. The van der Waals surface area contributed by atoms with E-state index in [0.29, 0.717) is 17.4 Å². The van der Waals surface area contributed by atoms with Crippen molar-refractivity contribution in [2.45, 2.75) is 32.6 Å². The standard InChI is InChI=1S/C12H15N3O2/c1-2-3-4-5-11-14-12(17-15-11)10-7-6-9(16)8-13-10/h6-8,16H,2-5H2,1H3. The van der Waals surface area contributed by atoms with Gasteiger partial charge in [-0.3, -0.25) is 0 Å². The Kier molecular flexibility index (Phi) is 3.69. The molecule has 2 heterocycles.